The second kappa shape index (κ2) is 8.93. The molecule has 2 atom stereocenters. The van der Waals surface area contributed by atoms with Gasteiger partial charge in [0, 0.05) is 32.5 Å². The molecule has 0 unspecified atom stereocenters. The average molecular weight is 418 g/mol. The number of halogens is 1. The molecule has 0 N–H and O–H groups in total. The first-order chi connectivity index (χ1) is 14.3. The fourth-order valence-electron chi connectivity index (χ4n) is 4.45. The lowest BCUT2D eigenvalue weighted by molar-refractivity contribution is -0.148. The molecule has 2 aliphatic rings. The van der Waals surface area contributed by atoms with Gasteiger partial charge in [0.25, 0.3) is 0 Å². The maximum Gasteiger partial charge on any atom is 0.307 e. The molecule has 8 heteroatoms. The number of imide groups is 1. The van der Waals surface area contributed by atoms with Crippen LogP contribution >= 0.6 is 0 Å². The molecular formula is C22H27FN2O5. The van der Waals surface area contributed by atoms with E-state index < -0.39 is 23.0 Å². The van der Waals surface area contributed by atoms with Gasteiger partial charge in [-0.15, -0.1) is 0 Å². The number of amides is 3. The summed E-state index contributed by atoms with van der Waals surface area (Å²) in [6.07, 6.45) is 2.02. The number of benzene rings is 1. The lowest BCUT2D eigenvalue weighted by Gasteiger charge is -2.37. The largest absolute Gasteiger partial charge is 0.466 e. The van der Waals surface area contributed by atoms with Crippen LogP contribution in [0.25, 0.3) is 0 Å². The smallest absolute Gasteiger partial charge is 0.307 e. The van der Waals surface area contributed by atoms with Crippen LogP contribution in [0.1, 0.15) is 51.0 Å². The summed E-state index contributed by atoms with van der Waals surface area (Å²) in [5.74, 6) is -2.13. The lowest BCUT2D eigenvalue weighted by atomic mass is 9.75. The van der Waals surface area contributed by atoms with Gasteiger partial charge < -0.3 is 9.64 Å². The van der Waals surface area contributed by atoms with Crippen molar-refractivity contribution in [3.63, 3.8) is 0 Å². The van der Waals surface area contributed by atoms with Gasteiger partial charge in [-0.1, -0.05) is 12.1 Å². The number of esters is 1. The molecule has 3 rings (SSSR count). The fraction of sp³-hybridized carbons (Fsp3) is 0.545. The topological polar surface area (TPSA) is 84.0 Å². The van der Waals surface area contributed by atoms with E-state index >= 15 is 0 Å². The van der Waals surface area contributed by atoms with Crippen molar-refractivity contribution < 1.29 is 28.3 Å². The molecule has 162 valence electrons. The summed E-state index contributed by atoms with van der Waals surface area (Å²) in [6.45, 7) is 2.47. The highest BCUT2D eigenvalue weighted by atomic mass is 19.1. The average Bonchev–Trinajstić information content (AvgIpc) is 2.93. The Labute approximate surface area is 175 Å². The van der Waals surface area contributed by atoms with Gasteiger partial charge in [-0.3, -0.25) is 24.1 Å². The SMILES string of the molecule is CCOC(=O)C[C@@H]1CCCCN1C(=O)C[C@]1(c2cccc(F)c2)CC(=O)N(C)C1=O. The van der Waals surface area contributed by atoms with E-state index in [4.69, 9.17) is 4.74 Å². The minimum atomic E-state index is -1.43. The summed E-state index contributed by atoms with van der Waals surface area (Å²) in [6, 6.07) is 5.21. The highest BCUT2D eigenvalue weighted by Crippen LogP contribution is 2.40. The van der Waals surface area contributed by atoms with Crippen LogP contribution in [-0.2, 0) is 29.3 Å². The Morgan fingerprint density at radius 3 is 2.67 bits per heavy atom. The van der Waals surface area contributed by atoms with Gasteiger partial charge in [0.1, 0.15) is 5.82 Å². The molecule has 0 radical (unpaired) electrons. The van der Waals surface area contributed by atoms with Crippen molar-refractivity contribution in [1.29, 1.82) is 0 Å². The van der Waals surface area contributed by atoms with Crippen molar-refractivity contribution in [2.45, 2.75) is 56.9 Å². The number of carbonyl (C=O) groups excluding carboxylic acids is 4. The molecule has 7 nitrogen and oxygen atoms in total. The van der Waals surface area contributed by atoms with Crippen molar-refractivity contribution in [2.24, 2.45) is 0 Å². The minimum Gasteiger partial charge on any atom is -0.466 e. The zero-order valence-corrected chi connectivity index (χ0v) is 17.4. The Bertz CT molecular complexity index is 858. The van der Waals surface area contributed by atoms with Crippen LogP contribution in [-0.4, -0.2) is 59.7 Å². The molecule has 1 aromatic carbocycles. The predicted octanol–water partition coefficient (Wildman–Crippen LogP) is 2.18. The van der Waals surface area contributed by atoms with Gasteiger partial charge >= 0.3 is 5.97 Å². The van der Waals surface area contributed by atoms with Gasteiger partial charge in [0.15, 0.2) is 0 Å². The number of piperidine rings is 1. The van der Waals surface area contributed by atoms with E-state index in [0.717, 1.165) is 17.7 Å². The first kappa shape index (κ1) is 21.9. The molecule has 2 saturated heterocycles. The van der Waals surface area contributed by atoms with Gasteiger partial charge in [0.05, 0.1) is 18.4 Å². The van der Waals surface area contributed by atoms with Crippen molar-refractivity contribution in [2.75, 3.05) is 20.2 Å². The van der Waals surface area contributed by atoms with Gasteiger partial charge in [0.2, 0.25) is 17.7 Å². The number of likely N-dealkylation sites (tertiary alicyclic amines) is 2. The standard InChI is InChI=1S/C22H27FN2O5/c1-3-30-20(28)12-17-9-4-5-10-25(17)19(27)14-22(13-18(26)24(2)21(22)29)15-7-6-8-16(23)11-15/h6-8,11,17H,3-5,9-10,12-14H2,1-2H3/t17-,22-/m0/s1. The van der Waals surface area contributed by atoms with Gasteiger partial charge in [-0.05, 0) is 43.9 Å². The highest BCUT2D eigenvalue weighted by molar-refractivity contribution is 6.10. The van der Waals surface area contributed by atoms with E-state index in [9.17, 15) is 23.6 Å². The molecule has 2 aliphatic heterocycles. The van der Waals surface area contributed by atoms with E-state index in [-0.39, 0.29) is 43.8 Å². The molecular weight excluding hydrogens is 391 g/mol. The second-order valence-electron chi connectivity index (χ2n) is 7.95. The van der Waals surface area contributed by atoms with Crippen LogP contribution in [0.2, 0.25) is 0 Å². The Morgan fingerprint density at radius 1 is 1.27 bits per heavy atom. The molecule has 2 fully saturated rings. The third-order valence-corrected chi connectivity index (χ3v) is 6.03. The van der Waals surface area contributed by atoms with Gasteiger partial charge in [-0.25, -0.2) is 4.39 Å². The number of ether oxygens (including phenoxy) is 1. The fourth-order valence-corrected chi connectivity index (χ4v) is 4.45. The van der Waals surface area contributed by atoms with Crippen LogP contribution < -0.4 is 0 Å². The van der Waals surface area contributed by atoms with Crippen molar-refractivity contribution >= 4 is 23.7 Å². The summed E-state index contributed by atoms with van der Waals surface area (Å²) in [5, 5.41) is 0. The maximum absolute atomic E-state index is 13.9. The van der Waals surface area contributed by atoms with Crippen LogP contribution in [0.4, 0.5) is 4.39 Å². The number of rotatable bonds is 6. The Balaban J connectivity index is 1.89. The maximum atomic E-state index is 13.9. The van der Waals surface area contributed by atoms with Crippen molar-refractivity contribution in [3.05, 3.63) is 35.6 Å². The molecule has 2 heterocycles. The second-order valence-corrected chi connectivity index (χ2v) is 7.95. The van der Waals surface area contributed by atoms with Crippen molar-refractivity contribution in [3.8, 4) is 0 Å². The van der Waals surface area contributed by atoms with Crippen LogP contribution in [0, 0.1) is 5.82 Å². The monoisotopic (exact) mass is 418 g/mol. The van der Waals surface area contributed by atoms with E-state index in [1.807, 2.05) is 0 Å². The highest BCUT2D eigenvalue weighted by Gasteiger charge is 2.53. The lowest BCUT2D eigenvalue weighted by Crippen LogP contribution is -2.48. The minimum absolute atomic E-state index is 0.0966. The molecule has 0 spiro atoms. The number of carbonyl (C=O) groups is 4. The molecule has 0 bridgehead atoms. The number of hydrogen-bond acceptors (Lipinski definition) is 5. The summed E-state index contributed by atoms with van der Waals surface area (Å²) in [5.41, 5.74) is -1.12. The normalized spacial score (nSPS) is 24.3. The zero-order chi connectivity index (χ0) is 21.9. The summed E-state index contributed by atoms with van der Waals surface area (Å²) in [7, 11) is 1.38. The van der Waals surface area contributed by atoms with Crippen LogP contribution in [0.3, 0.4) is 0 Å². The first-order valence-electron chi connectivity index (χ1n) is 10.3. The molecule has 30 heavy (non-hydrogen) atoms. The molecule has 0 aromatic heterocycles. The molecule has 1 aromatic rings. The number of likely N-dealkylation sites (N-methyl/N-ethyl adjacent to an activating group) is 1. The Kier molecular flexibility index (Phi) is 6.53. The number of nitrogens with zero attached hydrogens (tertiary/aromatic N) is 2. The first-order valence-corrected chi connectivity index (χ1v) is 10.3. The van der Waals surface area contributed by atoms with Crippen LogP contribution in [0.15, 0.2) is 24.3 Å². The number of hydrogen-bond donors (Lipinski definition) is 0. The van der Waals surface area contributed by atoms with Crippen LogP contribution in [0.5, 0.6) is 0 Å². The van der Waals surface area contributed by atoms with Gasteiger partial charge in [-0.2, -0.15) is 0 Å². The van der Waals surface area contributed by atoms with E-state index in [1.54, 1.807) is 17.9 Å². The molecule has 0 saturated carbocycles. The summed E-state index contributed by atoms with van der Waals surface area (Å²) in [4.78, 5) is 53.3. The Hall–Kier alpha value is -2.77. The van der Waals surface area contributed by atoms with E-state index in [2.05, 4.69) is 0 Å². The molecule has 3 amide bonds. The van der Waals surface area contributed by atoms with E-state index in [0.29, 0.717) is 18.5 Å². The van der Waals surface area contributed by atoms with Crippen molar-refractivity contribution in [1.82, 2.24) is 9.80 Å². The predicted molar refractivity (Wildman–Crippen MR) is 106 cm³/mol. The quantitative estimate of drug-likeness (QED) is 0.522. The zero-order valence-electron chi connectivity index (χ0n) is 17.4. The summed E-state index contributed by atoms with van der Waals surface area (Å²) < 4.78 is 19.0. The van der Waals surface area contributed by atoms with E-state index in [1.165, 1.54) is 25.2 Å². The summed E-state index contributed by atoms with van der Waals surface area (Å²) >= 11 is 0. The Morgan fingerprint density at radius 2 is 2.03 bits per heavy atom. The third kappa shape index (κ3) is 4.22. The third-order valence-electron chi connectivity index (χ3n) is 6.03. The molecule has 0 aliphatic carbocycles.